The first-order chi connectivity index (χ1) is 33.6. The molecule has 3 amide bonds. The molecule has 0 aromatic heterocycles. The third kappa shape index (κ3) is 34.0. The van der Waals surface area contributed by atoms with Gasteiger partial charge in [0.1, 0.15) is 11.6 Å². The van der Waals surface area contributed by atoms with E-state index in [1.165, 1.54) is 16.7 Å². The average molecular weight is 1010 g/mol. The molecule has 20 heteroatoms. The summed E-state index contributed by atoms with van der Waals surface area (Å²) in [7, 11) is 0. The lowest BCUT2D eigenvalue weighted by Gasteiger charge is -2.30. The van der Waals surface area contributed by atoms with E-state index < -0.39 is 5.25 Å². The number of ether oxygens (including phenoxy) is 12. The van der Waals surface area contributed by atoms with Crippen LogP contribution in [0.5, 0.6) is 0 Å². The van der Waals surface area contributed by atoms with Crippen molar-refractivity contribution in [3.05, 3.63) is 0 Å². The maximum atomic E-state index is 12.9. The zero-order valence-electron chi connectivity index (χ0n) is 42.4. The van der Waals surface area contributed by atoms with Gasteiger partial charge in [-0.1, -0.05) is 27.7 Å². The van der Waals surface area contributed by atoms with E-state index in [-0.39, 0.29) is 59.4 Å². The molecule has 402 valence electrons. The first kappa shape index (κ1) is 62.9. The SMILES string of the molecule is CC(C)C(=O)CCCOCCOCCOCCOCCOCCOCCOCCOCCOCCOCCOCCOCCCNC(=O)CSC1CC(=O)N(CC2CCC(C(=O)C(C)C)CC2)C1=O. The number of likely N-dealkylation sites (tertiary alicyclic amines) is 1. The molecular formula is C49H88N2O17S. The van der Waals surface area contributed by atoms with Crippen LogP contribution in [-0.2, 0) is 80.8 Å². The van der Waals surface area contributed by atoms with Gasteiger partial charge < -0.3 is 62.2 Å². The lowest BCUT2D eigenvalue weighted by molar-refractivity contribution is -0.139. The second-order valence-electron chi connectivity index (χ2n) is 17.4. The number of Topliss-reactive ketones (excluding diaryl/α,β-unsaturated/α-hetero) is 2. The standard InChI is InChI=1S/C49H88N2O17S/c1-40(2)44(52)7-5-13-57-15-17-59-19-21-61-23-25-63-27-29-65-31-33-67-35-36-68-34-32-66-30-28-64-26-24-62-22-20-60-18-16-58-14-6-12-50-46(53)39-69-45-37-47(54)51(49(45)56)38-42-8-10-43(11-9-42)48(55)41(3)4/h40-43,45H,5-39H2,1-4H3,(H,50,53). The van der Waals surface area contributed by atoms with Crippen LogP contribution in [0.25, 0.3) is 0 Å². The highest BCUT2D eigenvalue weighted by molar-refractivity contribution is 8.01. The second-order valence-corrected chi connectivity index (χ2v) is 18.6. The van der Waals surface area contributed by atoms with Crippen molar-refractivity contribution in [1.29, 1.82) is 0 Å². The van der Waals surface area contributed by atoms with Crippen LogP contribution in [0, 0.1) is 23.7 Å². The van der Waals surface area contributed by atoms with E-state index in [2.05, 4.69) is 5.32 Å². The molecule has 19 nitrogen and oxygen atoms in total. The molecular weight excluding hydrogens is 921 g/mol. The van der Waals surface area contributed by atoms with Crippen molar-refractivity contribution in [3.63, 3.8) is 0 Å². The minimum atomic E-state index is -0.525. The molecule has 0 aromatic rings. The van der Waals surface area contributed by atoms with Gasteiger partial charge in [0.05, 0.1) is 156 Å². The van der Waals surface area contributed by atoms with Crippen LogP contribution in [0.1, 0.15) is 79.1 Å². The fourth-order valence-electron chi connectivity index (χ4n) is 7.12. The van der Waals surface area contributed by atoms with Crippen molar-refractivity contribution < 1.29 is 80.8 Å². The number of hydrogen-bond donors (Lipinski definition) is 1. The Morgan fingerprint density at radius 1 is 0.522 bits per heavy atom. The zero-order chi connectivity index (χ0) is 50.0. The molecule has 1 atom stereocenters. The van der Waals surface area contributed by atoms with Crippen LogP contribution in [0.4, 0.5) is 0 Å². The number of imide groups is 1. The Kier molecular flexibility index (Phi) is 39.6. The van der Waals surface area contributed by atoms with Crippen molar-refractivity contribution in [2.75, 3.05) is 177 Å². The Bertz CT molecular complexity index is 1320. The van der Waals surface area contributed by atoms with E-state index in [1.54, 1.807) is 0 Å². The molecule has 0 bridgehead atoms. The monoisotopic (exact) mass is 1010 g/mol. The molecule has 1 aliphatic carbocycles. The van der Waals surface area contributed by atoms with E-state index in [4.69, 9.17) is 56.8 Å². The van der Waals surface area contributed by atoms with Crippen LogP contribution >= 0.6 is 11.8 Å². The highest BCUT2D eigenvalue weighted by atomic mass is 32.2. The van der Waals surface area contributed by atoms with Gasteiger partial charge in [-0.05, 0) is 44.4 Å². The molecule has 2 fully saturated rings. The van der Waals surface area contributed by atoms with Gasteiger partial charge in [0.15, 0.2) is 0 Å². The molecule has 1 saturated carbocycles. The molecule has 2 rings (SSSR count). The van der Waals surface area contributed by atoms with Gasteiger partial charge >= 0.3 is 0 Å². The van der Waals surface area contributed by atoms with E-state index >= 15 is 0 Å². The van der Waals surface area contributed by atoms with E-state index in [0.29, 0.717) is 190 Å². The molecule has 1 aliphatic heterocycles. The maximum absolute atomic E-state index is 12.9. The van der Waals surface area contributed by atoms with Crippen LogP contribution < -0.4 is 5.32 Å². The van der Waals surface area contributed by atoms with Gasteiger partial charge in [-0.15, -0.1) is 11.8 Å². The highest BCUT2D eigenvalue weighted by Gasteiger charge is 2.40. The molecule has 0 radical (unpaired) electrons. The largest absolute Gasteiger partial charge is 0.379 e. The van der Waals surface area contributed by atoms with Gasteiger partial charge in [0.25, 0.3) is 0 Å². The van der Waals surface area contributed by atoms with E-state index in [1.807, 2.05) is 27.7 Å². The van der Waals surface area contributed by atoms with Gasteiger partial charge in [-0.2, -0.15) is 0 Å². The topological polar surface area (TPSA) is 211 Å². The second kappa shape index (κ2) is 43.4. The number of ketones is 2. The summed E-state index contributed by atoms with van der Waals surface area (Å²) in [6.07, 6.45) is 5.42. The minimum Gasteiger partial charge on any atom is -0.379 e. The number of thioether (sulfide) groups is 1. The van der Waals surface area contributed by atoms with Crippen LogP contribution in [0.3, 0.4) is 0 Å². The molecule has 1 unspecified atom stereocenters. The zero-order valence-corrected chi connectivity index (χ0v) is 43.2. The first-order valence-corrected chi connectivity index (χ1v) is 26.4. The van der Waals surface area contributed by atoms with Crippen molar-refractivity contribution in [2.24, 2.45) is 23.7 Å². The summed E-state index contributed by atoms with van der Waals surface area (Å²) < 4.78 is 66.1. The number of carbonyl (C=O) groups excluding carboxylic acids is 5. The van der Waals surface area contributed by atoms with Crippen molar-refractivity contribution >= 4 is 41.0 Å². The van der Waals surface area contributed by atoms with Crippen LogP contribution in [-0.4, -0.2) is 217 Å². The lowest BCUT2D eigenvalue weighted by Crippen LogP contribution is -2.38. The number of nitrogens with one attached hydrogen (secondary N) is 1. The molecule has 69 heavy (non-hydrogen) atoms. The summed E-state index contributed by atoms with van der Waals surface area (Å²) >= 11 is 1.22. The number of nitrogens with zero attached hydrogens (tertiary/aromatic N) is 1. The summed E-state index contributed by atoms with van der Waals surface area (Å²) in [5, 5.41) is 2.32. The predicted molar refractivity (Wildman–Crippen MR) is 259 cm³/mol. The quantitative estimate of drug-likeness (QED) is 0.0682. The summed E-state index contributed by atoms with van der Waals surface area (Å²) in [5.74, 6) is 0.598. The first-order valence-electron chi connectivity index (χ1n) is 25.3. The third-order valence-electron chi connectivity index (χ3n) is 11.1. The Morgan fingerprint density at radius 3 is 1.25 bits per heavy atom. The Morgan fingerprint density at radius 2 is 0.884 bits per heavy atom. The minimum absolute atomic E-state index is 0.0353. The highest BCUT2D eigenvalue weighted by Crippen LogP contribution is 2.33. The van der Waals surface area contributed by atoms with Gasteiger partial charge in [0, 0.05) is 56.9 Å². The van der Waals surface area contributed by atoms with Gasteiger partial charge in [-0.25, -0.2) is 0 Å². The molecule has 1 N–H and O–H groups in total. The number of hydrogen-bond acceptors (Lipinski definition) is 18. The molecule has 0 spiro atoms. The summed E-state index contributed by atoms with van der Waals surface area (Å²) in [6, 6.07) is 0. The smallest absolute Gasteiger partial charge is 0.242 e. The normalized spacial score (nSPS) is 17.5. The maximum Gasteiger partial charge on any atom is 0.242 e. The summed E-state index contributed by atoms with van der Waals surface area (Å²) in [6.45, 7) is 20.1. The Balaban J connectivity index is 1.20. The molecule has 0 aromatic carbocycles. The Hall–Kier alpha value is -2.18. The van der Waals surface area contributed by atoms with Crippen LogP contribution in [0.2, 0.25) is 0 Å². The van der Waals surface area contributed by atoms with E-state index in [9.17, 15) is 24.0 Å². The molecule has 2 aliphatic rings. The van der Waals surface area contributed by atoms with Crippen molar-refractivity contribution in [3.8, 4) is 0 Å². The van der Waals surface area contributed by atoms with Crippen LogP contribution in [0.15, 0.2) is 0 Å². The predicted octanol–water partition coefficient (Wildman–Crippen LogP) is 3.59. The number of carbonyl (C=O) groups is 5. The molecule has 1 saturated heterocycles. The Labute approximate surface area is 416 Å². The lowest BCUT2D eigenvalue weighted by atomic mass is 9.77. The summed E-state index contributed by atoms with van der Waals surface area (Å²) in [4.78, 5) is 63.2. The van der Waals surface area contributed by atoms with Gasteiger partial charge in [-0.3, -0.25) is 28.9 Å². The fraction of sp³-hybridized carbons (Fsp3) is 0.898. The van der Waals surface area contributed by atoms with Crippen molar-refractivity contribution in [2.45, 2.75) is 84.3 Å². The number of rotatable bonds is 49. The van der Waals surface area contributed by atoms with Crippen molar-refractivity contribution in [1.82, 2.24) is 10.2 Å². The fourth-order valence-corrected chi connectivity index (χ4v) is 8.11. The third-order valence-corrected chi connectivity index (χ3v) is 12.3. The average Bonchev–Trinajstić information content (AvgIpc) is 3.60. The molecule has 1 heterocycles. The van der Waals surface area contributed by atoms with E-state index in [0.717, 1.165) is 32.1 Å². The number of amides is 3. The van der Waals surface area contributed by atoms with Gasteiger partial charge in [0.2, 0.25) is 17.7 Å². The summed E-state index contributed by atoms with van der Waals surface area (Å²) in [5.41, 5.74) is 0.